The average Bonchev–Trinajstić information content (AvgIpc) is 2.64. The van der Waals surface area contributed by atoms with Crippen LogP contribution in [-0.2, 0) is 11.3 Å². The number of hydrogen-bond donors (Lipinski definition) is 2. The Balaban J connectivity index is 1.81. The minimum absolute atomic E-state index is 0.599. The van der Waals surface area contributed by atoms with Gasteiger partial charge in [0.05, 0.1) is 26.9 Å². The fraction of sp³-hybridized carbons (Fsp3) is 0.632. The molecule has 6 heteroatoms. The van der Waals surface area contributed by atoms with Crippen molar-refractivity contribution in [3.8, 4) is 5.75 Å². The third-order valence-corrected chi connectivity index (χ3v) is 4.24. The van der Waals surface area contributed by atoms with Crippen molar-refractivity contribution in [1.29, 1.82) is 0 Å². The van der Waals surface area contributed by atoms with Gasteiger partial charge in [-0.05, 0) is 38.4 Å². The van der Waals surface area contributed by atoms with Crippen LogP contribution in [0.5, 0.6) is 5.75 Å². The number of ether oxygens (including phenoxy) is 2. The summed E-state index contributed by atoms with van der Waals surface area (Å²) in [5.74, 6) is 1.75. The Morgan fingerprint density at radius 3 is 2.80 bits per heavy atom. The van der Waals surface area contributed by atoms with Gasteiger partial charge in [-0.25, -0.2) is 4.99 Å². The molecule has 0 aromatic heterocycles. The number of aliphatic imine (C=N–C) groups is 1. The van der Waals surface area contributed by atoms with Crippen LogP contribution in [0.25, 0.3) is 0 Å². The van der Waals surface area contributed by atoms with Crippen molar-refractivity contribution >= 4 is 5.96 Å². The van der Waals surface area contributed by atoms with Gasteiger partial charge in [0.1, 0.15) is 5.75 Å². The number of aryl methyl sites for hydroxylation is 1. The van der Waals surface area contributed by atoms with Gasteiger partial charge in [0.2, 0.25) is 0 Å². The van der Waals surface area contributed by atoms with Gasteiger partial charge in [-0.3, -0.25) is 4.90 Å². The molecule has 0 saturated carbocycles. The van der Waals surface area contributed by atoms with E-state index in [0.717, 1.165) is 69.6 Å². The fourth-order valence-corrected chi connectivity index (χ4v) is 2.82. The van der Waals surface area contributed by atoms with Crippen LogP contribution in [-0.4, -0.2) is 63.9 Å². The number of nitrogens with one attached hydrogen (secondary N) is 2. The Hall–Kier alpha value is -1.79. The van der Waals surface area contributed by atoms with Crippen molar-refractivity contribution in [3.05, 3.63) is 29.3 Å². The first-order valence-electron chi connectivity index (χ1n) is 9.18. The molecule has 1 aromatic carbocycles. The molecule has 1 aliphatic heterocycles. The van der Waals surface area contributed by atoms with Gasteiger partial charge in [0.15, 0.2) is 5.96 Å². The zero-order valence-corrected chi connectivity index (χ0v) is 15.8. The predicted octanol–water partition coefficient (Wildman–Crippen LogP) is 1.78. The van der Waals surface area contributed by atoms with E-state index in [1.54, 1.807) is 7.11 Å². The molecule has 0 atom stereocenters. The first-order valence-corrected chi connectivity index (χ1v) is 9.18. The fourth-order valence-electron chi connectivity index (χ4n) is 2.82. The van der Waals surface area contributed by atoms with Crippen molar-refractivity contribution in [2.24, 2.45) is 4.99 Å². The highest BCUT2D eigenvalue weighted by Crippen LogP contribution is 2.20. The number of methoxy groups -OCH3 is 1. The molecule has 25 heavy (non-hydrogen) atoms. The van der Waals surface area contributed by atoms with Crippen molar-refractivity contribution in [1.82, 2.24) is 15.5 Å². The van der Waals surface area contributed by atoms with Crippen LogP contribution < -0.4 is 15.4 Å². The largest absolute Gasteiger partial charge is 0.496 e. The van der Waals surface area contributed by atoms with E-state index in [1.807, 2.05) is 6.07 Å². The van der Waals surface area contributed by atoms with E-state index in [4.69, 9.17) is 9.47 Å². The van der Waals surface area contributed by atoms with Crippen LogP contribution >= 0.6 is 0 Å². The van der Waals surface area contributed by atoms with Crippen LogP contribution in [0.3, 0.4) is 0 Å². The maximum absolute atomic E-state index is 5.46. The summed E-state index contributed by atoms with van der Waals surface area (Å²) in [7, 11) is 1.71. The van der Waals surface area contributed by atoms with Gasteiger partial charge < -0.3 is 20.1 Å². The SMILES string of the molecule is CCNC(=NCc1ccc(C)cc1OC)NCCCN1CCOCC1. The van der Waals surface area contributed by atoms with E-state index < -0.39 is 0 Å². The molecule has 0 radical (unpaired) electrons. The molecular formula is C19H32N4O2. The summed E-state index contributed by atoms with van der Waals surface area (Å²) >= 11 is 0. The Bertz CT molecular complexity index is 542. The molecule has 1 aliphatic rings. The molecule has 1 fully saturated rings. The molecule has 140 valence electrons. The Labute approximate surface area is 151 Å². The van der Waals surface area contributed by atoms with Crippen LogP contribution in [0, 0.1) is 6.92 Å². The van der Waals surface area contributed by atoms with Crippen molar-refractivity contribution < 1.29 is 9.47 Å². The van der Waals surface area contributed by atoms with Gasteiger partial charge in [0, 0.05) is 31.7 Å². The van der Waals surface area contributed by atoms with E-state index in [9.17, 15) is 0 Å². The van der Waals surface area contributed by atoms with Crippen molar-refractivity contribution in [2.75, 3.05) is 53.0 Å². The van der Waals surface area contributed by atoms with Crippen LogP contribution in [0.15, 0.2) is 23.2 Å². The lowest BCUT2D eigenvalue weighted by Crippen LogP contribution is -2.40. The molecule has 1 aromatic rings. The van der Waals surface area contributed by atoms with Crippen molar-refractivity contribution in [3.63, 3.8) is 0 Å². The zero-order chi connectivity index (χ0) is 17.9. The minimum Gasteiger partial charge on any atom is -0.496 e. The zero-order valence-electron chi connectivity index (χ0n) is 15.8. The monoisotopic (exact) mass is 348 g/mol. The lowest BCUT2D eigenvalue weighted by molar-refractivity contribution is 0.0376. The lowest BCUT2D eigenvalue weighted by atomic mass is 10.1. The highest BCUT2D eigenvalue weighted by molar-refractivity contribution is 5.79. The maximum atomic E-state index is 5.46. The Morgan fingerprint density at radius 1 is 1.28 bits per heavy atom. The highest BCUT2D eigenvalue weighted by atomic mass is 16.5. The Kier molecular flexibility index (Phi) is 8.55. The first-order chi connectivity index (χ1) is 12.2. The summed E-state index contributed by atoms with van der Waals surface area (Å²) in [5, 5.41) is 6.72. The molecule has 0 bridgehead atoms. The highest BCUT2D eigenvalue weighted by Gasteiger charge is 2.09. The number of rotatable bonds is 8. The molecule has 0 spiro atoms. The predicted molar refractivity (Wildman–Crippen MR) is 102 cm³/mol. The number of morpholine rings is 1. The molecule has 0 amide bonds. The van der Waals surface area contributed by atoms with E-state index in [0.29, 0.717) is 6.54 Å². The third kappa shape index (κ3) is 6.92. The van der Waals surface area contributed by atoms with Gasteiger partial charge in [-0.15, -0.1) is 0 Å². The second kappa shape index (κ2) is 10.9. The standard InChI is InChI=1S/C19H32N4O2/c1-4-20-19(21-8-5-9-23-10-12-25-13-11-23)22-15-17-7-6-16(2)14-18(17)24-3/h6-7,14H,4-5,8-13,15H2,1-3H3,(H2,20,21,22). The molecule has 0 aliphatic carbocycles. The quantitative estimate of drug-likeness (QED) is 0.426. The van der Waals surface area contributed by atoms with Crippen LogP contribution in [0.1, 0.15) is 24.5 Å². The minimum atomic E-state index is 0.599. The summed E-state index contributed by atoms with van der Waals surface area (Å²) in [6, 6.07) is 6.23. The number of benzene rings is 1. The number of nitrogens with zero attached hydrogens (tertiary/aromatic N) is 2. The lowest BCUT2D eigenvalue weighted by Gasteiger charge is -2.26. The summed E-state index contributed by atoms with van der Waals surface area (Å²) in [5.41, 5.74) is 2.29. The molecule has 1 saturated heterocycles. The van der Waals surface area contributed by atoms with Gasteiger partial charge in [-0.1, -0.05) is 12.1 Å². The van der Waals surface area contributed by atoms with E-state index in [-0.39, 0.29) is 0 Å². The summed E-state index contributed by atoms with van der Waals surface area (Å²) in [4.78, 5) is 7.14. The van der Waals surface area contributed by atoms with Crippen LogP contribution in [0.2, 0.25) is 0 Å². The average molecular weight is 348 g/mol. The number of guanidine groups is 1. The van der Waals surface area contributed by atoms with Crippen LogP contribution in [0.4, 0.5) is 0 Å². The second-order valence-corrected chi connectivity index (χ2v) is 6.24. The maximum Gasteiger partial charge on any atom is 0.191 e. The smallest absolute Gasteiger partial charge is 0.191 e. The summed E-state index contributed by atoms with van der Waals surface area (Å²) < 4.78 is 10.8. The molecule has 0 unspecified atom stereocenters. The molecule has 2 rings (SSSR count). The van der Waals surface area contributed by atoms with E-state index >= 15 is 0 Å². The molecule has 1 heterocycles. The number of hydrogen-bond acceptors (Lipinski definition) is 4. The first kappa shape index (κ1) is 19.5. The normalized spacial score (nSPS) is 15.9. The van der Waals surface area contributed by atoms with Gasteiger partial charge in [-0.2, -0.15) is 0 Å². The Morgan fingerprint density at radius 2 is 2.08 bits per heavy atom. The van der Waals surface area contributed by atoms with Gasteiger partial charge >= 0.3 is 0 Å². The van der Waals surface area contributed by atoms with E-state index in [2.05, 4.69) is 46.5 Å². The summed E-state index contributed by atoms with van der Waals surface area (Å²) in [6.07, 6.45) is 1.10. The topological polar surface area (TPSA) is 58.1 Å². The molecule has 2 N–H and O–H groups in total. The van der Waals surface area contributed by atoms with Gasteiger partial charge in [0.25, 0.3) is 0 Å². The molecular weight excluding hydrogens is 316 g/mol. The summed E-state index contributed by atoms with van der Waals surface area (Å²) in [6.45, 7) is 11.4. The second-order valence-electron chi connectivity index (χ2n) is 6.24. The van der Waals surface area contributed by atoms with E-state index in [1.165, 1.54) is 5.56 Å². The third-order valence-electron chi connectivity index (χ3n) is 4.24. The molecule has 6 nitrogen and oxygen atoms in total. The van der Waals surface area contributed by atoms with Crippen molar-refractivity contribution in [2.45, 2.75) is 26.8 Å².